The molecule has 0 fully saturated rings. The highest BCUT2D eigenvalue weighted by atomic mass is 16.5. The van der Waals surface area contributed by atoms with Crippen LogP contribution in [0, 0.1) is 6.92 Å². The van der Waals surface area contributed by atoms with E-state index in [9.17, 15) is 4.79 Å². The number of methoxy groups -OCH3 is 1. The predicted octanol–water partition coefficient (Wildman–Crippen LogP) is 3.52. The van der Waals surface area contributed by atoms with Crippen LogP contribution in [0.1, 0.15) is 46.6 Å². The molecule has 140 valence electrons. The lowest BCUT2D eigenvalue weighted by molar-refractivity contribution is 0.0942. The molecule has 1 amide bonds. The number of aromatic nitrogens is 3. The Labute approximate surface area is 159 Å². The Morgan fingerprint density at radius 2 is 1.81 bits per heavy atom. The van der Waals surface area contributed by atoms with Crippen LogP contribution >= 0.6 is 0 Å². The summed E-state index contributed by atoms with van der Waals surface area (Å²) >= 11 is 0. The van der Waals surface area contributed by atoms with E-state index in [1.54, 1.807) is 25.7 Å². The lowest BCUT2D eigenvalue weighted by atomic mass is 9.99. The van der Waals surface area contributed by atoms with Gasteiger partial charge in [-0.1, -0.05) is 19.1 Å². The van der Waals surface area contributed by atoms with Gasteiger partial charge in [-0.25, -0.2) is 0 Å². The van der Waals surface area contributed by atoms with Crippen molar-refractivity contribution in [1.82, 2.24) is 20.1 Å². The number of rotatable bonds is 7. The SMILES string of the molecule is CCCn1ncc(C(=O)NC(c2ccncc2)c2ccc(OC)cc2)c1C. The topological polar surface area (TPSA) is 69.0 Å². The van der Waals surface area contributed by atoms with Crippen LogP contribution in [0.5, 0.6) is 5.75 Å². The van der Waals surface area contributed by atoms with Gasteiger partial charge in [-0.05, 0) is 48.7 Å². The average Bonchev–Trinajstić information content (AvgIpc) is 3.07. The van der Waals surface area contributed by atoms with Crippen molar-refractivity contribution < 1.29 is 9.53 Å². The van der Waals surface area contributed by atoms with E-state index in [4.69, 9.17) is 4.74 Å². The third-order valence-electron chi connectivity index (χ3n) is 4.55. The summed E-state index contributed by atoms with van der Waals surface area (Å²) in [5, 5.41) is 7.47. The summed E-state index contributed by atoms with van der Waals surface area (Å²) in [6.07, 6.45) is 6.05. The van der Waals surface area contributed by atoms with Gasteiger partial charge in [-0.3, -0.25) is 14.5 Å². The van der Waals surface area contributed by atoms with Gasteiger partial charge in [0.15, 0.2) is 0 Å². The van der Waals surface area contributed by atoms with Crippen LogP contribution in [0.4, 0.5) is 0 Å². The molecule has 1 aromatic carbocycles. The van der Waals surface area contributed by atoms with Crippen LogP contribution < -0.4 is 10.1 Å². The van der Waals surface area contributed by atoms with Gasteiger partial charge >= 0.3 is 0 Å². The number of carbonyl (C=O) groups excluding carboxylic acids is 1. The minimum Gasteiger partial charge on any atom is -0.497 e. The van der Waals surface area contributed by atoms with Crippen LogP contribution in [0.15, 0.2) is 55.0 Å². The molecule has 6 heteroatoms. The highest BCUT2D eigenvalue weighted by Crippen LogP contribution is 2.24. The fourth-order valence-corrected chi connectivity index (χ4v) is 3.03. The van der Waals surface area contributed by atoms with E-state index in [1.807, 2.05) is 48.0 Å². The fraction of sp³-hybridized carbons (Fsp3) is 0.286. The largest absolute Gasteiger partial charge is 0.497 e. The lowest BCUT2D eigenvalue weighted by Gasteiger charge is -2.20. The van der Waals surface area contributed by atoms with Crippen molar-refractivity contribution >= 4 is 5.91 Å². The van der Waals surface area contributed by atoms with Gasteiger partial charge in [0.25, 0.3) is 5.91 Å². The molecule has 0 saturated heterocycles. The molecule has 27 heavy (non-hydrogen) atoms. The Kier molecular flexibility index (Phi) is 5.86. The molecule has 2 aromatic heterocycles. The second kappa shape index (κ2) is 8.49. The molecular weight excluding hydrogens is 340 g/mol. The molecule has 1 N–H and O–H groups in total. The summed E-state index contributed by atoms with van der Waals surface area (Å²) in [6.45, 7) is 4.81. The zero-order valence-electron chi connectivity index (χ0n) is 15.8. The number of benzene rings is 1. The Balaban J connectivity index is 1.90. The number of amides is 1. The maximum atomic E-state index is 13.0. The smallest absolute Gasteiger partial charge is 0.255 e. The highest BCUT2D eigenvalue weighted by Gasteiger charge is 2.21. The Hall–Kier alpha value is -3.15. The normalized spacial score (nSPS) is 11.8. The number of hydrogen-bond acceptors (Lipinski definition) is 4. The van der Waals surface area contributed by atoms with Crippen LogP contribution in [-0.4, -0.2) is 27.8 Å². The predicted molar refractivity (Wildman–Crippen MR) is 104 cm³/mol. The first-order valence-electron chi connectivity index (χ1n) is 9.01. The van der Waals surface area contributed by atoms with Gasteiger partial charge < -0.3 is 10.1 Å². The maximum absolute atomic E-state index is 13.0. The maximum Gasteiger partial charge on any atom is 0.255 e. The first-order chi connectivity index (χ1) is 13.1. The summed E-state index contributed by atoms with van der Waals surface area (Å²) in [6, 6.07) is 11.2. The zero-order chi connectivity index (χ0) is 19.2. The lowest BCUT2D eigenvalue weighted by Crippen LogP contribution is -2.29. The van der Waals surface area contributed by atoms with Crippen molar-refractivity contribution in [2.45, 2.75) is 32.9 Å². The molecule has 0 bridgehead atoms. The molecular formula is C21H24N4O2. The molecule has 0 spiro atoms. The Morgan fingerprint density at radius 1 is 1.15 bits per heavy atom. The molecule has 0 aliphatic heterocycles. The summed E-state index contributed by atoms with van der Waals surface area (Å²) < 4.78 is 7.10. The van der Waals surface area contributed by atoms with Crippen molar-refractivity contribution in [2.24, 2.45) is 0 Å². The zero-order valence-corrected chi connectivity index (χ0v) is 15.8. The third kappa shape index (κ3) is 4.16. The summed E-state index contributed by atoms with van der Waals surface area (Å²) in [5.41, 5.74) is 3.39. The van der Waals surface area contributed by atoms with Gasteiger partial charge in [0.2, 0.25) is 0 Å². The highest BCUT2D eigenvalue weighted by molar-refractivity contribution is 5.95. The van der Waals surface area contributed by atoms with Crippen LogP contribution in [0.2, 0.25) is 0 Å². The van der Waals surface area contributed by atoms with Gasteiger partial charge in [0.1, 0.15) is 5.75 Å². The second-order valence-corrected chi connectivity index (χ2v) is 6.33. The quantitative estimate of drug-likeness (QED) is 0.696. The number of aryl methyl sites for hydroxylation is 1. The van der Waals surface area contributed by atoms with Crippen molar-refractivity contribution in [3.8, 4) is 5.75 Å². The van der Waals surface area contributed by atoms with Crippen LogP contribution in [0.3, 0.4) is 0 Å². The molecule has 1 atom stereocenters. The van der Waals surface area contributed by atoms with Crippen molar-refractivity contribution in [3.63, 3.8) is 0 Å². The summed E-state index contributed by atoms with van der Waals surface area (Å²) in [5.74, 6) is 0.628. The number of nitrogens with one attached hydrogen (secondary N) is 1. The minimum absolute atomic E-state index is 0.146. The standard InChI is InChI=1S/C21H24N4O2/c1-4-13-25-15(2)19(14-23-25)21(26)24-20(17-9-11-22-12-10-17)16-5-7-18(27-3)8-6-16/h5-12,14,20H,4,13H2,1-3H3,(H,24,26). The van der Waals surface area contributed by atoms with Crippen molar-refractivity contribution in [3.05, 3.63) is 77.4 Å². The summed E-state index contributed by atoms with van der Waals surface area (Å²) in [4.78, 5) is 17.0. The molecule has 0 saturated carbocycles. The molecule has 2 heterocycles. The van der Waals surface area contributed by atoms with E-state index in [1.165, 1.54) is 0 Å². The van der Waals surface area contributed by atoms with E-state index < -0.39 is 0 Å². The second-order valence-electron chi connectivity index (χ2n) is 6.33. The Morgan fingerprint density at radius 3 is 2.44 bits per heavy atom. The number of ether oxygens (including phenoxy) is 1. The number of carbonyl (C=O) groups is 1. The first-order valence-corrected chi connectivity index (χ1v) is 9.01. The Bertz CT molecular complexity index is 888. The first kappa shape index (κ1) is 18.6. The van der Waals surface area contributed by atoms with Gasteiger partial charge in [-0.15, -0.1) is 0 Å². The third-order valence-corrected chi connectivity index (χ3v) is 4.55. The van der Waals surface area contributed by atoms with E-state index in [0.29, 0.717) is 5.56 Å². The summed E-state index contributed by atoms with van der Waals surface area (Å²) in [7, 11) is 1.63. The van der Waals surface area contributed by atoms with Gasteiger partial charge in [0, 0.05) is 24.6 Å². The van der Waals surface area contributed by atoms with Gasteiger partial charge in [0.05, 0.1) is 24.9 Å². The molecule has 3 rings (SSSR count). The average molecular weight is 364 g/mol. The molecule has 0 aliphatic carbocycles. The van der Waals surface area contributed by atoms with E-state index in [0.717, 1.165) is 35.5 Å². The van der Waals surface area contributed by atoms with Crippen molar-refractivity contribution in [1.29, 1.82) is 0 Å². The van der Waals surface area contributed by atoms with E-state index in [-0.39, 0.29) is 11.9 Å². The molecule has 6 nitrogen and oxygen atoms in total. The number of nitrogens with zero attached hydrogens (tertiary/aromatic N) is 3. The molecule has 3 aromatic rings. The van der Waals surface area contributed by atoms with Crippen molar-refractivity contribution in [2.75, 3.05) is 7.11 Å². The fourth-order valence-electron chi connectivity index (χ4n) is 3.03. The molecule has 1 unspecified atom stereocenters. The van der Waals surface area contributed by atoms with Gasteiger partial charge in [-0.2, -0.15) is 5.10 Å². The van der Waals surface area contributed by atoms with E-state index in [2.05, 4.69) is 22.3 Å². The molecule has 0 aliphatic rings. The minimum atomic E-state index is -0.291. The van der Waals surface area contributed by atoms with Crippen LogP contribution in [-0.2, 0) is 6.54 Å². The number of pyridine rings is 1. The van der Waals surface area contributed by atoms with Crippen LogP contribution in [0.25, 0.3) is 0 Å². The molecule has 0 radical (unpaired) electrons. The monoisotopic (exact) mass is 364 g/mol. The van der Waals surface area contributed by atoms with E-state index >= 15 is 0 Å². The number of hydrogen-bond donors (Lipinski definition) is 1.